The smallest absolute Gasteiger partial charge is 0.237 e. The van der Waals surface area contributed by atoms with Crippen LogP contribution >= 0.6 is 0 Å². The van der Waals surface area contributed by atoms with Gasteiger partial charge in [-0.1, -0.05) is 24.3 Å². The monoisotopic (exact) mass is 322 g/mol. The number of fused-ring (bicyclic) bond motifs is 1. The number of carbonyl (C=O) groups excluding carboxylic acids is 1. The van der Waals surface area contributed by atoms with Crippen LogP contribution in [-0.2, 0) is 18.4 Å². The van der Waals surface area contributed by atoms with Gasteiger partial charge in [0.05, 0.1) is 10.9 Å². The molecule has 0 fully saturated rings. The molecule has 0 bridgehead atoms. The fourth-order valence-electron chi connectivity index (χ4n) is 2.57. The van der Waals surface area contributed by atoms with Crippen LogP contribution in [0.4, 0.5) is 0 Å². The van der Waals surface area contributed by atoms with Crippen molar-refractivity contribution < 1.29 is 9.36 Å². The third kappa shape index (κ3) is 3.43. The third-order valence-corrected chi connectivity index (χ3v) is 3.79. The maximum Gasteiger partial charge on any atom is 0.237 e. The minimum absolute atomic E-state index is 0.248. The number of amides is 1. The van der Waals surface area contributed by atoms with E-state index in [2.05, 4.69) is 39.6 Å². The first-order valence-electron chi connectivity index (χ1n) is 7.66. The highest BCUT2D eigenvalue weighted by Gasteiger charge is 2.06. The Hall–Kier alpha value is -3.15. The number of aromatic nitrogens is 2. The molecule has 3 N–H and O–H groups in total. The topological polar surface area (TPSA) is 76.3 Å². The van der Waals surface area contributed by atoms with Crippen LogP contribution in [0.15, 0.2) is 60.1 Å². The number of aryl methyl sites for hydroxylation is 1. The second kappa shape index (κ2) is 6.54. The summed E-state index contributed by atoms with van der Waals surface area (Å²) in [7, 11) is 2.02. The van der Waals surface area contributed by atoms with Crippen molar-refractivity contribution in [1.29, 1.82) is 0 Å². The zero-order chi connectivity index (χ0) is 17.1. The zero-order valence-corrected chi connectivity index (χ0v) is 13.7. The molecule has 0 saturated heterocycles. The van der Waals surface area contributed by atoms with E-state index in [-0.39, 0.29) is 11.7 Å². The Morgan fingerprint density at radius 1 is 1.25 bits per heavy atom. The number of amidine groups is 1. The van der Waals surface area contributed by atoms with Crippen molar-refractivity contribution in [3.8, 4) is 0 Å². The Kier molecular flexibility index (Phi) is 4.29. The van der Waals surface area contributed by atoms with Crippen molar-refractivity contribution in [3.63, 3.8) is 0 Å². The van der Waals surface area contributed by atoms with Crippen molar-refractivity contribution in [2.75, 3.05) is 0 Å². The molecule has 122 valence electrons. The van der Waals surface area contributed by atoms with Gasteiger partial charge in [0.1, 0.15) is 7.05 Å². The lowest BCUT2D eigenvalue weighted by molar-refractivity contribution is -0.670. The minimum atomic E-state index is -0.248. The second-order valence-corrected chi connectivity index (χ2v) is 5.76. The molecular weight excluding hydrogens is 302 g/mol. The minimum Gasteiger partial charge on any atom is -0.382 e. The standard InChI is InChI=1S/C18H19N5O/c1-13(24)20-21-18(19)15-5-3-14(4-6-15)11-23-10-7-16-12-22(2)9-8-17(16)23/h3-10,12H,11H2,1-2H3,(H2-,19,20,21,24)/p+1. The molecule has 0 aliphatic rings. The van der Waals surface area contributed by atoms with Crippen LogP contribution in [0.2, 0.25) is 0 Å². The number of nitrogens with two attached hydrogens (primary N) is 1. The highest BCUT2D eigenvalue weighted by molar-refractivity contribution is 5.98. The van der Waals surface area contributed by atoms with Crippen molar-refractivity contribution in [3.05, 3.63) is 66.1 Å². The summed E-state index contributed by atoms with van der Waals surface area (Å²) in [4.78, 5) is 10.9. The Balaban J connectivity index is 1.78. The van der Waals surface area contributed by atoms with Gasteiger partial charge in [0, 0.05) is 31.3 Å². The summed E-state index contributed by atoms with van der Waals surface area (Å²) in [5.74, 6) is 0.0399. The summed E-state index contributed by atoms with van der Waals surface area (Å²) < 4.78 is 4.25. The number of nitrogens with zero attached hydrogens (tertiary/aromatic N) is 3. The van der Waals surface area contributed by atoms with Gasteiger partial charge in [0.2, 0.25) is 5.91 Å². The van der Waals surface area contributed by atoms with E-state index >= 15 is 0 Å². The Morgan fingerprint density at radius 2 is 2.00 bits per heavy atom. The largest absolute Gasteiger partial charge is 0.382 e. The molecular formula is C18H20N5O+. The van der Waals surface area contributed by atoms with E-state index in [1.165, 1.54) is 17.8 Å². The molecule has 0 spiro atoms. The fraction of sp³-hybridized carbons (Fsp3) is 0.167. The van der Waals surface area contributed by atoms with E-state index < -0.39 is 0 Å². The molecule has 0 unspecified atom stereocenters. The molecule has 3 rings (SSSR count). The molecule has 24 heavy (non-hydrogen) atoms. The van der Waals surface area contributed by atoms with Gasteiger partial charge in [-0.3, -0.25) is 4.79 Å². The van der Waals surface area contributed by atoms with Gasteiger partial charge < -0.3 is 10.3 Å². The summed E-state index contributed by atoms with van der Waals surface area (Å²) in [6.45, 7) is 2.17. The summed E-state index contributed by atoms with van der Waals surface area (Å²) in [5.41, 5.74) is 11.3. The number of benzene rings is 1. The molecule has 1 amide bonds. The van der Waals surface area contributed by atoms with Crippen LogP contribution in [0.3, 0.4) is 0 Å². The Morgan fingerprint density at radius 3 is 2.71 bits per heavy atom. The van der Waals surface area contributed by atoms with E-state index in [1.54, 1.807) is 0 Å². The normalized spacial score (nSPS) is 11.7. The summed E-state index contributed by atoms with van der Waals surface area (Å²) >= 11 is 0. The number of hydrogen-bond donors (Lipinski definition) is 2. The lowest BCUT2D eigenvalue weighted by Gasteiger charge is -2.07. The van der Waals surface area contributed by atoms with Gasteiger partial charge in [0.25, 0.3) is 0 Å². The van der Waals surface area contributed by atoms with Gasteiger partial charge >= 0.3 is 0 Å². The van der Waals surface area contributed by atoms with E-state index in [9.17, 15) is 4.79 Å². The van der Waals surface area contributed by atoms with Crippen LogP contribution in [0.1, 0.15) is 18.1 Å². The number of nitrogens with one attached hydrogen (secondary N) is 1. The van der Waals surface area contributed by atoms with E-state index in [0.717, 1.165) is 17.7 Å². The first kappa shape index (κ1) is 15.7. The van der Waals surface area contributed by atoms with Crippen LogP contribution in [-0.4, -0.2) is 16.3 Å². The summed E-state index contributed by atoms with van der Waals surface area (Å²) in [5, 5.41) is 5.05. The quantitative estimate of drug-likeness (QED) is 0.328. The summed E-state index contributed by atoms with van der Waals surface area (Å²) in [6, 6.07) is 12.1. The predicted molar refractivity (Wildman–Crippen MR) is 93.2 cm³/mol. The number of hydrazone groups is 1. The number of hydrogen-bond acceptors (Lipinski definition) is 2. The van der Waals surface area contributed by atoms with Crippen molar-refractivity contribution >= 4 is 22.6 Å². The van der Waals surface area contributed by atoms with Crippen molar-refractivity contribution in [2.45, 2.75) is 13.5 Å². The molecule has 0 saturated carbocycles. The van der Waals surface area contributed by atoms with Crippen LogP contribution in [0.5, 0.6) is 0 Å². The van der Waals surface area contributed by atoms with Crippen LogP contribution in [0, 0.1) is 0 Å². The van der Waals surface area contributed by atoms with Gasteiger partial charge in [-0.2, -0.15) is 5.10 Å². The maximum absolute atomic E-state index is 10.9. The van der Waals surface area contributed by atoms with E-state index in [4.69, 9.17) is 5.73 Å². The first-order valence-corrected chi connectivity index (χ1v) is 7.66. The lowest BCUT2D eigenvalue weighted by atomic mass is 10.1. The molecule has 6 nitrogen and oxygen atoms in total. The van der Waals surface area contributed by atoms with Crippen LogP contribution in [0.25, 0.3) is 10.9 Å². The maximum atomic E-state index is 10.9. The number of carbonyl (C=O) groups is 1. The predicted octanol–water partition coefficient (Wildman–Crippen LogP) is 1.27. The molecule has 0 atom stereocenters. The van der Waals surface area contributed by atoms with Crippen LogP contribution < -0.4 is 15.7 Å². The zero-order valence-electron chi connectivity index (χ0n) is 13.7. The molecule has 3 aromatic rings. The highest BCUT2D eigenvalue weighted by atomic mass is 16.2. The average Bonchev–Trinajstić information content (AvgIpc) is 2.95. The molecule has 2 aromatic heterocycles. The third-order valence-electron chi connectivity index (χ3n) is 3.79. The second-order valence-electron chi connectivity index (χ2n) is 5.76. The molecule has 0 aliphatic heterocycles. The molecule has 0 radical (unpaired) electrons. The fourth-order valence-corrected chi connectivity index (χ4v) is 2.57. The van der Waals surface area contributed by atoms with Crippen molar-refractivity contribution in [1.82, 2.24) is 9.99 Å². The van der Waals surface area contributed by atoms with Gasteiger partial charge in [0.15, 0.2) is 18.2 Å². The first-order chi connectivity index (χ1) is 11.5. The molecule has 1 aromatic carbocycles. The Bertz CT molecular complexity index is 909. The van der Waals surface area contributed by atoms with Gasteiger partial charge in [-0.15, -0.1) is 0 Å². The van der Waals surface area contributed by atoms with Crippen molar-refractivity contribution in [2.24, 2.45) is 17.9 Å². The average molecular weight is 322 g/mol. The molecule has 2 heterocycles. The van der Waals surface area contributed by atoms with Gasteiger partial charge in [-0.05, 0) is 11.6 Å². The van der Waals surface area contributed by atoms with Gasteiger partial charge in [-0.25, -0.2) is 9.99 Å². The summed E-state index contributed by atoms with van der Waals surface area (Å²) in [6.07, 6.45) is 6.24. The SMILES string of the molecule is CC(=O)NN=C(N)c1ccc(Cn2ccc3c[n+](C)ccc32)cc1. The molecule has 0 aliphatic carbocycles. The lowest BCUT2D eigenvalue weighted by Crippen LogP contribution is -2.25. The number of rotatable bonds is 4. The highest BCUT2D eigenvalue weighted by Crippen LogP contribution is 2.15. The van der Waals surface area contributed by atoms with E-state index in [0.29, 0.717) is 0 Å². The molecule has 6 heteroatoms. The number of pyridine rings is 1. The van der Waals surface area contributed by atoms with E-state index in [1.807, 2.05) is 42.1 Å². The Labute approximate surface area is 140 Å².